The Morgan fingerprint density at radius 3 is 2.46 bits per heavy atom. The van der Waals surface area contributed by atoms with Gasteiger partial charge in [-0.25, -0.2) is 0 Å². The van der Waals surface area contributed by atoms with Crippen molar-refractivity contribution in [2.24, 2.45) is 0 Å². The topological polar surface area (TPSA) is 43.4 Å². The van der Waals surface area contributed by atoms with Crippen LogP contribution in [0.4, 0.5) is 13.2 Å². The Labute approximate surface area is 74.0 Å². The molecule has 3 nitrogen and oxygen atoms in total. The molecule has 7 heteroatoms. The third-order valence-corrected chi connectivity index (χ3v) is 3.50. The highest BCUT2D eigenvalue weighted by atomic mass is 32.2. The zero-order chi connectivity index (χ0) is 10.1. The van der Waals surface area contributed by atoms with Gasteiger partial charge in [0.25, 0.3) is 10.1 Å². The summed E-state index contributed by atoms with van der Waals surface area (Å²) in [4.78, 5) is 0. The summed E-state index contributed by atoms with van der Waals surface area (Å²) < 4.78 is 61.8. The van der Waals surface area contributed by atoms with Crippen molar-refractivity contribution < 1.29 is 25.8 Å². The van der Waals surface area contributed by atoms with Crippen LogP contribution in [0.3, 0.4) is 0 Å². The molecule has 0 radical (unpaired) electrons. The molecule has 13 heavy (non-hydrogen) atoms. The maximum absolute atomic E-state index is 11.9. The second-order valence-electron chi connectivity index (χ2n) is 2.90. The summed E-state index contributed by atoms with van der Waals surface area (Å²) in [5.41, 5.74) is 0. The molecule has 0 spiro atoms. The summed E-state index contributed by atoms with van der Waals surface area (Å²) >= 11 is 0. The fourth-order valence-electron chi connectivity index (χ4n) is 1.19. The molecule has 0 aliphatic carbocycles. The third kappa shape index (κ3) is 3.15. The Hall–Kier alpha value is -0.300. The van der Waals surface area contributed by atoms with Gasteiger partial charge in [0.15, 0.2) is 0 Å². The average Bonchev–Trinajstić information content (AvgIpc) is 1.91. The zero-order valence-electron chi connectivity index (χ0n) is 6.67. The van der Waals surface area contributed by atoms with Gasteiger partial charge in [-0.15, -0.1) is 0 Å². The highest BCUT2D eigenvalue weighted by molar-refractivity contribution is 7.87. The van der Waals surface area contributed by atoms with E-state index in [1.807, 2.05) is 0 Å². The van der Waals surface area contributed by atoms with Gasteiger partial charge >= 0.3 is 6.18 Å². The van der Waals surface area contributed by atoms with Crippen molar-refractivity contribution >= 4 is 10.1 Å². The van der Waals surface area contributed by atoms with E-state index in [-0.39, 0.29) is 13.0 Å². The predicted octanol–water partition coefficient (Wildman–Crippen LogP) is 1.45. The first-order valence-corrected chi connectivity index (χ1v) is 5.23. The summed E-state index contributed by atoms with van der Waals surface area (Å²) in [6.45, 7) is -0.00328. The SMILES string of the molecule is O=S1(=O)OCCCC1CC(F)(F)F. The standard InChI is InChI=1S/C6H9F3O3S/c7-6(8,9)4-5-2-1-3-12-13(5,10)11/h5H,1-4H2. The summed E-state index contributed by atoms with van der Waals surface area (Å²) in [6, 6.07) is 0. The third-order valence-electron chi connectivity index (χ3n) is 1.79. The van der Waals surface area contributed by atoms with Crippen LogP contribution < -0.4 is 0 Å². The van der Waals surface area contributed by atoms with Gasteiger partial charge in [-0.05, 0) is 12.8 Å². The lowest BCUT2D eigenvalue weighted by Gasteiger charge is -2.22. The number of hydrogen-bond acceptors (Lipinski definition) is 3. The monoisotopic (exact) mass is 218 g/mol. The summed E-state index contributed by atoms with van der Waals surface area (Å²) in [6.07, 6.45) is -5.37. The van der Waals surface area contributed by atoms with E-state index in [0.717, 1.165) is 0 Å². The maximum atomic E-state index is 11.9. The fourth-order valence-corrected chi connectivity index (χ4v) is 2.58. The first-order valence-electron chi connectivity index (χ1n) is 3.76. The Morgan fingerprint density at radius 1 is 1.38 bits per heavy atom. The molecule has 0 N–H and O–H groups in total. The summed E-state index contributed by atoms with van der Waals surface area (Å²) in [5.74, 6) is 0. The second-order valence-corrected chi connectivity index (χ2v) is 4.79. The van der Waals surface area contributed by atoms with Gasteiger partial charge in [0.05, 0.1) is 18.3 Å². The first kappa shape index (κ1) is 10.8. The Morgan fingerprint density at radius 2 is 2.00 bits per heavy atom. The van der Waals surface area contributed by atoms with Gasteiger partial charge in [0, 0.05) is 0 Å². The normalized spacial score (nSPS) is 28.7. The molecule has 78 valence electrons. The quantitative estimate of drug-likeness (QED) is 0.625. The molecule has 0 aromatic heterocycles. The molecule has 1 rings (SSSR count). The van der Waals surface area contributed by atoms with Crippen LogP contribution >= 0.6 is 0 Å². The van der Waals surface area contributed by atoms with Crippen LogP contribution in [0.15, 0.2) is 0 Å². The minimum atomic E-state index is -4.45. The number of rotatable bonds is 1. The molecule has 1 fully saturated rings. The molecule has 0 saturated carbocycles. The molecule has 0 bridgehead atoms. The van der Waals surface area contributed by atoms with Crippen molar-refractivity contribution in [3.63, 3.8) is 0 Å². The molecule has 0 amide bonds. The van der Waals surface area contributed by atoms with Gasteiger partial charge in [-0.3, -0.25) is 4.18 Å². The van der Waals surface area contributed by atoms with Crippen LogP contribution in [0.5, 0.6) is 0 Å². The van der Waals surface area contributed by atoms with Crippen molar-refractivity contribution in [2.45, 2.75) is 30.7 Å². The van der Waals surface area contributed by atoms with Crippen molar-refractivity contribution in [1.29, 1.82) is 0 Å². The van der Waals surface area contributed by atoms with Crippen LogP contribution in [0.1, 0.15) is 19.3 Å². The Balaban J connectivity index is 2.68. The number of hydrogen-bond donors (Lipinski definition) is 0. The molecule has 1 unspecified atom stereocenters. The lowest BCUT2D eigenvalue weighted by molar-refractivity contribution is -0.135. The number of alkyl halides is 3. The smallest absolute Gasteiger partial charge is 0.270 e. The summed E-state index contributed by atoms with van der Waals surface area (Å²) in [7, 11) is -3.98. The van der Waals surface area contributed by atoms with Gasteiger partial charge in [0.1, 0.15) is 0 Å². The maximum Gasteiger partial charge on any atom is 0.390 e. The lowest BCUT2D eigenvalue weighted by atomic mass is 10.2. The van der Waals surface area contributed by atoms with E-state index in [1.165, 1.54) is 0 Å². The van der Waals surface area contributed by atoms with Crippen LogP contribution in [0.25, 0.3) is 0 Å². The molecular weight excluding hydrogens is 209 g/mol. The van der Waals surface area contributed by atoms with E-state index in [0.29, 0.717) is 6.42 Å². The van der Waals surface area contributed by atoms with Crippen molar-refractivity contribution in [1.82, 2.24) is 0 Å². The molecule has 1 aliphatic rings. The first-order chi connectivity index (χ1) is 5.81. The van der Waals surface area contributed by atoms with Gasteiger partial charge in [-0.1, -0.05) is 0 Å². The van der Waals surface area contributed by atoms with E-state index < -0.39 is 28.0 Å². The van der Waals surface area contributed by atoms with E-state index >= 15 is 0 Å². The predicted molar refractivity (Wildman–Crippen MR) is 38.6 cm³/mol. The minimum Gasteiger partial charge on any atom is -0.270 e. The highest BCUT2D eigenvalue weighted by Gasteiger charge is 2.40. The van der Waals surface area contributed by atoms with Gasteiger partial charge < -0.3 is 0 Å². The average molecular weight is 218 g/mol. The second kappa shape index (κ2) is 3.45. The molecule has 1 heterocycles. The van der Waals surface area contributed by atoms with E-state index in [4.69, 9.17) is 0 Å². The van der Waals surface area contributed by atoms with Crippen LogP contribution in [0.2, 0.25) is 0 Å². The van der Waals surface area contributed by atoms with Crippen LogP contribution in [-0.4, -0.2) is 26.5 Å². The zero-order valence-corrected chi connectivity index (χ0v) is 7.49. The largest absolute Gasteiger partial charge is 0.390 e. The Kier molecular flexibility index (Phi) is 2.86. The molecule has 0 aromatic rings. The van der Waals surface area contributed by atoms with Gasteiger partial charge in [0.2, 0.25) is 0 Å². The van der Waals surface area contributed by atoms with E-state index in [9.17, 15) is 21.6 Å². The van der Waals surface area contributed by atoms with Gasteiger partial charge in [-0.2, -0.15) is 21.6 Å². The van der Waals surface area contributed by atoms with Crippen molar-refractivity contribution in [3.05, 3.63) is 0 Å². The Bertz CT molecular complexity index is 269. The lowest BCUT2D eigenvalue weighted by Crippen LogP contribution is -2.33. The van der Waals surface area contributed by atoms with Crippen molar-refractivity contribution in [3.8, 4) is 0 Å². The van der Waals surface area contributed by atoms with Crippen molar-refractivity contribution in [2.75, 3.05) is 6.61 Å². The van der Waals surface area contributed by atoms with Crippen LogP contribution in [0, 0.1) is 0 Å². The molecular formula is C6H9F3O3S. The number of halogens is 3. The molecule has 1 atom stereocenters. The van der Waals surface area contributed by atoms with Crippen LogP contribution in [-0.2, 0) is 14.3 Å². The summed E-state index contributed by atoms with van der Waals surface area (Å²) in [5, 5.41) is -1.42. The fraction of sp³-hybridized carbons (Fsp3) is 1.00. The van der Waals surface area contributed by atoms with E-state index in [1.54, 1.807) is 0 Å². The minimum absolute atomic E-state index is 0.00328. The highest BCUT2D eigenvalue weighted by Crippen LogP contribution is 2.30. The molecule has 0 aromatic carbocycles. The molecule has 1 aliphatic heterocycles. The molecule has 1 saturated heterocycles. The van der Waals surface area contributed by atoms with E-state index in [2.05, 4.69) is 4.18 Å².